The highest BCUT2D eigenvalue weighted by atomic mass is 16.5. The number of rotatable bonds is 5. The molecule has 25 heavy (non-hydrogen) atoms. The fourth-order valence-corrected chi connectivity index (χ4v) is 3.16. The van der Waals surface area contributed by atoms with E-state index in [1.165, 1.54) is 0 Å². The summed E-state index contributed by atoms with van der Waals surface area (Å²) in [6.45, 7) is 3.79. The topological polar surface area (TPSA) is 60.6 Å². The smallest absolute Gasteiger partial charge is 0.195 e. The molecule has 3 rings (SSSR count). The molecule has 1 aromatic heterocycles. The SMILES string of the molecule is COc1ccc2c(C(=O)c3cc(C)c(OC)c(OC)c3)c(C)[nH]c2c1. The van der Waals surface area contributed by atoms with Crippen LogP contribution in [-0.4, -0.2) is 32.1 Å². The van der Waals surface area contributed by atoms with Gasteiger partial charge in [-0.15, -0.1) is 0 Å². The average molecular weight is 339 g/mol. The molecule has 0 aliphatic heterocycles. The van der Waals surface area contributed by atoms with Crippen LogP contribution in [0.2, 0.25) is 0 Å². The van der Waals surface area contributed by atoms with Crippen LogP contribution in [0.4, 0.5) is 0 Å². The predicted octanol–water partition coefficient (Wildman–Crippen LogP) is 4.04. The normalized spacial score (nSPS) is 10.8. The van der Waals surface area contributed by atoms with Crippen LogP contribution in [0.15, 0.2) is 30.3 Å². The number of H-pyrrole nitrogens is 1. The zero-order chi connectivity index (χ0) is 18.1. The maximum absolute atomic E-state index is 13.2. The van der Waals surface area contributed by atoms with Crippen molar-refractivity contribution < 1.29 is 19.0 Å². The number of ether oxygens (including phenoxy) is 3. The molecule has 0 aliphatic carbocycles. The number of hydrogen-bond acceptors (Lipinski definition) is 4. The van der Waals surface area contributed by atoms with E-state index in [4.69, 9.17) is 14.2 Å². The number of carbonyl (C=O) groups is 1. The largest absolute Gasteiger partial charge is 0.497 e. The number of ketones is 1. The monoisotopic (exact) mass is 339 g/mol. The molecular weight excluding hydrogens is 318 g/mol. The van der Waals surface area contributed by atoms with Crippen molar-refractivity contribution >= 4 is 16.7 Å². The van der Waals surface area contributed by atoms with Gasteiger partial charge < -0.3 is 19.2 Å². The van der Waals surface area contributed by atoms with Crippen molar-refractivity contribution in [3.63, 3.8) is 0 Å². The van der Waals surface area contributed by atoms with Crippen molar-refractivity contribution in [2.45, 2.75) is 13.8 Å². The lowest BCUT2D eigenvalue weighted by Gasteiger charge is -2.12. The van der Waals surface area contributed by atoms with Crippen LogP contribution in [0.25, 0.3) is 10.9 Å². The van der Waals surface area contributed by atoms with Crippen LogP contribution in [0.3, 0.4) is 0 Å². The van der Waals surface area contributed by atoms with Crippen LogP contribution >= 0.6 is 0 Å². The molecule has 0 radical (unpaired) electrons. The molecule has 1 heterocycles. The molecule has 1 N–H and O–H groups in total. The number of aromatic nitrogens is 1. The number of methoxy groups -OCH3 is 3. The number of carbonyl (C=O) groups excluding carboxylic acids is 1. The summed E-state index contributed by atoms with van der Waals surface area (Å²) in [6, 6.07) is 9.19. The summed E-state index contributed by atoms with van der Waals surface area (Å²) in [6.07, 6.45) is 0. The molecule has 3 aromatic rings. The first kappa shape index (κ1) is 16.9. The van der Waals surface area contributed by atoms with Gasteiger partial charge in [-0.2, -0.15) is 0 Å². The minimum Gasteiger partial charge on any atom is -0.497 e. The van der Waals surface area contributed by atoms with Gasteiger partial charge in [0, 0.05) is 22.7 Å². The van der Waals surface area contributed by atoms with Gasteiger partial charge in [0.1, 0.15) is 5.75 Å². The first-order valence-electron chi connectivity index (χ1n) is 7.93. The third-order valence-electron chi connectivity index (χ3n) is 4.35. The van der Waals surface area contributed by atoms with Crippen LogP contribution in [0, 0.1) is 13.8 Å². The lowest BCUT2D eigenvalue weighted by molar-refractivity contribution is 0.103. The van der Waals surface area contributed by atoms with Gasteiger partial charge in [0.25, 0.3) is 0 Å². The summed E-state index contributed by atoms with van der Waals surface area (Å²) in [5.74, 6) is 1.87. The molecule has 0 aliphatic rings. The maximum Gasteiger partial charge on any atom is 0.195 e. The van der Waals surface area contributed by atoms with Crippen LogP contribution in [0.1, 0.15) is 27.2 Å². The number of nitrogens with one attached hydrogen (secondary N) is 1. The van der Waals surface area contributed by atoms with Crippen molar-refractivity contribution in [2.75, 3.05) is 21.3 Å². The van der Waals surface area contributed by atoms with Crippen molar-refractivity contribution in [2.24, 2.45) is 0 Å². The Hall–Kier alpha value is -2.95. The molecule has 0 unspecified atom stereocenters. The van der Waals surface area contributed by atoms with Gasteiger partial charge >= 0.3 is 0 Å². The van der Waals surface area contributed by atoms with Gasteiger partial charge in [0.05, 0.1) is 32.4 Å². The second-order valence-corrected chi connectivity index (χ2v) is 5.89. The summed E-state index contributed by atoms with van der Waals surface area (Å²) in [5, 5.41) is 0.871. The molecule has 0 saturated carbocycles. The van der Waals surface area contributed by atoms with Crippen molar-refractivity contribution in [1.82, 2.24) is 4.98 Å². The Morgan fingerprint density at radius 1 is 0.960 bits per heavy atom. The van der Waals surface area contributed by atoms with Gasteiger partial charge in [0.2, 0.25) is 0 Å². The quantitative estimate of drug-likeness (QED) is 0.713. The Morgan fingerprint density at radius 3 is 2.36 bits per heavy atom. The molecule has 0 bridgehead atoms. The fourth-order valence-electron chi connectivity index (χ4n) is 3.16. The molecule has 0 spiro atoms. The fraction of sp³-hybridized carbons (Fsp3) is 0.250. The number of aromatic amines is 1. The number of aryl methyl sites for hydroxylation is 2. The minimum atomic E-state index is -0.0574. The second kappa shape index (κ2) is 6.51. The molecule has 0 saturated heterocycles. The van der Waals surface area contributed by atoms with E-state index in [0.29, 0.717) is 22.6 Å². The molecule has 130 valence electrons. The first-order chi connectivity index (χ1) is 12.0. The van der Waals surface area contributed by atoms with Crippen molar-refractivity contribution in [1.29, 1.82) is 0 Å². The van der Waals surface area contributed by atoms with E-state index < -0.39 is 0 Å². The van der Waals surface area contributed by atoms with Gasteiger partial charge in [-0.25, -0.2) is 0 Å². The molecule has 0 fully saturated rings. The number of hydrogen-bond donors (Lipinski definition) is 1. The van der Waals surface area contributed by atoms with Gasteiger partial charge in [0.15, 0.2) is 17.3 Å². The Balaban J connectivity index is 2.14. The summed E-state index contributed by atoms with van der Waals surface area (Å²) in [5.41, 5.74) is 3.77. The van der Waals surface area contributed by atoms with Gasteiger partial charge in [-0.3, -0.25) is 4.79 Å². The Bertz CT molecular complexity index is 956. The van der Waals surface area contributed by atoms with E-state index in [1.807, 2.05) is 38.1 Å². The average Bonchev–Trinajstić information content (AvgIpc) is 2.94. The Labute approximate surface area is 146 Å². The molecule has 0 amide bonds. The van der Waals surface area contributed by atoms with E-state index in [9.17, 15) is 4.79 Å². The van der Waals surface area contributed by atoms with Crippen molar-refractivity contribution in [3.05, 3.63) is 52.7 Å². The van der Waals surface area contributed by atoms with Gasteiger partial charge in [-0.05, 0) is 43.7 Å². The third kappa shape index (κ3) is 2.82. The summed E-state index contributed by atoms with van der Waals surface area (Å²) >= 11 is 0. The predicted molar refractivity (Wildman–Crippen MR) is 97.3 cm³/mol. The molecule has 0 atom stereocenters. The van der Waals surface area contributed by atoms with E-state index in [2.05, 4.69) is 4.98 Å². The summed E-state index contributed by atoms with van der Waals surface area (Å²) < 4.78 is 16.0. The summed E-state index contributed by atoms with van der Waals surface area (Å²) in [7, 11) is 4.77. The third-order valence-corrected chi connectivity index (χ3v) is 4.35. The highest BCUT2D eigenvalue weighted by molar-refractivity contribution is 6.17. The highest BCUT2D eigenvalue weighted by Gasteiger charge is 2.20. The Kier molecular flexibility index (Phi) is 4.40. The zero-order valence-corrected chi connectivity index (χ0v) is 15.0. The van der Waals surface area contributed by atoms with E-state index >= 15 is 0 Å². The molecule has 5 nitrogen and oxygen atoms in total. The maximum atomic E-state index is 13.2. The zero-order valence-electron chi connectivity index (χ0n) is 15.0. The van der Waals surface area contributed by atoms with Crippen LogP contribution in [0.5, 0.6) is 17.2 Å². The van der Waals surface area contributed by atoms with Gasteiger partial charge in [-0.1, -0.05) is 0 Å². The highest BCUT2D eigenvalue weighted by Crippen LogP contribution is 2.34. The number of benzene rings is 2. The van der Waals surface area contributed by atoms with Crippen molar-refractivity contribution in [3.8, 4) is 17.2 Å². The van der Waals surface area contributed by atoms with E-state index in [-0.39, 0.29) is 5.78 Å². The van der Waals surface area contributed by atoms with Crippen LogP contribution in [-0.2, 0) is 0 Å². The molecule has 5 heteroatoms. The summed E-state index contributed by atoms with van der Waals surface area (Å²) in [4.78, 5) is 16.4. The molecular formula is C20H21NO4. The lowest BCUT2D eigenvalue weighted by atomic mass is 9.98. The lowest BCUT2D eigenvalue weighted by Crippen LogP contribution is -2.05. The van der Waals surface area contributed by atoms with Crippen LogP contribution < -0.4 is 14.2 Å². The first-order valence-corrected chi connectivity index (χ1v) is 7.93. The van der Waals surface area contributed by atoms with E-state index in [0.717, 1.165) is 27.9 Å². The molecule has 2 aromatic carbocycles. The number of fused-ring (bicyclic) bond motifs is 1. The Morgan fingerprint density at radius 2 is 1.72 bits per heavy atom. The van der Waals surface area contributed by atoms with E-state index in [1.54, 1.807) is 27.4 Å². The minimum absolute atomic E-state index is 0.0574. The second-order valence-electron chi connectivity index (χ2n) is 5.89. The standard InChI is InChI=1S/C20H21NO4/c1-11-8-13(9-17(24-4)20(11)25-5)19(22)18-12(2)21-16-10-14(23-3)6-7-15(16)18/h6-10,21H,1-5H3.